The second-order valence-corrected chi connectivity index (χ2v) is 7.25. The Morgan fingerprint density at radius 2 is 2.12 bits per heavy atom. The van der Waals surface area contributed by atoms with Crippen LogP contribution in [0.5, 0.6) is 0 Å². The average molecular weight is 376 g/mol. The van der Waals surface area contributed by atoms with Crippen molar-refractivity contribution in [3.63, 3.8) is 0 Å². The second-order valence-electron chi connectivity index (χ2n) is 3.99. The predicted octanol–water partition coefficient (Wildman–Crippen LogP) is 3.90. The van der Waals surface area contributed by atoms with Gasteiger partial charge >= 0.3 is 0 Å². The van der Waals surface area contributed by atoms with E-state index in [1.165, 1.54) is 0 Å². The number of aromatic amines is 1. The number of hydrogen-bond donors (Lipinski definition) is 1. The van der Waals surface area contributed by atoms with Gasteiger partial charge in [-0.2, -0.15) is 0 Å². The fourth-order valence-electron chi connectivity index (χ4n) is 1.66. The van der Waals surface area contributed by atoms with E-state index in [1.807, 2.05) is 12.1 Å². The van der Waals surface area contributed by atoms with Crippen molar-refractivity contribution in [2.24, 2.45) is 0 Å². The van der Waals surface area contributed by atoms with Gasteiger partial charge in [-0.25, -0.2) is 4.98 Å². The molecule has 2 aromatic heterocycles. The molecule has 2 heterocycles. The maximum Gasteiger partial charge on any atom is 0.265 e. The van der Waals surface area contributed by atoms with E-state index < -0.39 is 0 Å². The minimum Gasteiger partial charge on any atom is -0.305 e. The highest BCUT2D eigenvalue weighted by molar-refractivity contribution is 9.11. The summed E-state index contributed by atoms with van der Waals surface area (Å²) in [4.78, 5) is 20.2. The zero-order valence-electron chi connectivity index (χ0n) is 8.67. The monoisotopic (exact) mass is 374 g/mol. The molecule has 6 heteroatoms. The van der Waals surface area contributed by atoms with Crippen molar-refractivity contribution in [3.05, 3.63) is 36.4 Å². The lowest BCUT2D eigenvalue weighted by molar-refractivity contribution is 0.962. The van der Waals surface area contributed by atoms with Gasteiger partial charge in [0.25, 0.3) is 5.56 Å². The molecule has 1 N–H and O–H groups in total. The molecule has 0 saturated heterocycles. The van der Waals surface area contributed by atoms with Gasteiger partial charge in [-0.1, -0.05) is 0 Å². The van der Waals surface area contributed by atoms with Crippen LogP contribution in [-0.4, -0.2) is 9.97 Å². The Morgan fingerprint density at radius 3 is 2.71 bits per heavy atom. The summed E-state index contributed by atoms with van der Waals surface area (Å²) < 4.78 is 1.62. The number of H-pyrrole nitrogens is 1. The van der Waals surface area contributed by atoms with Crippen LogP contribution in [0.1, 0.15) is 24.5 Å². The van der Waals surface area contributed by atoms with Gasteiger partial charge in [0.1, 0.15) is 4.47 Å². The van der Waals surface area contributed by atoms with E-state index in [9.17, 15) is 4.79 Å². The van der Waals surface area contributed by atoms with Gasteiger partial charge in [0.2, 0.25) is 0 Å². The van der Waals surface area contributed by atoms with Gasteiger partial charge in [-0.3, -0.25) is 4.79 Å². The molecule has 3 nitrogen and oxygen atoms in total. The SMILES string of the molecule is O=c1[nH]c(-c2ccc(Br)s2)nc(C2CC2)c1Br. The molecule has 0 aliphatic heterocycles. The van der Waals surface area contributed by atoms with Crippen LogP contribution in [0, 0.1) is 0 Å². The number of rotatable bonds is 2. The summed E-state index contributed by atoms with van der Waals surface area (Å²) in [5.41, 5.74) is 0.801. The first kappa shape index (κ1) is 11.6. The summed E-state index contributed by atoms with van der Waals surface area (Å²) >= 11 is 8.30. The number of halogens is 2. The predicted molar refractivity (Wildman–Crippen MR) is 75.5 cm³/mol. The Labute approximate surface area is 119 Å². The number of hydrogen-bond acceptors (Lipinski definition) is 3. The third kappa shape index (κ3) is 2.26. The molecule has 0 atom stereocenters. The van der Waals surface area contributed by atoms with Crippen molar-refractivity contribution in [2.45, 2.75) is 18.8 Å². The molecule has 88 valence electrons. The summed E-state index contributed by atoms with van der Waals surface area (Å²) in [6, 6.07) is 3.91. The Hall–Kier alpha value is -0.460. The minimum absolute atomic E-state index is 0.0959. The topological polar surface area (TPSA) is 45.8 Å². The summed E-state index contributed by atoms with van der Waals surface area (Å²) in [5, 5.41) is 0. The van der Waals surface area contributed by atoms with E-state index in [2.05, 4.69) is 41.8 Å². The molecule has 1 saturated carbocycles. The van der Waals surface area contributed by atoms with E-state index in [0.717, 1.165) is 27.2 Å². The number of nitrogens with zero attached hydrogens (tertiary/aromatic N) is 1. The third-order valence-electron chi connectivity index (χ3n) is 2.66. The van der Waals surface area contributed by atoms with E-state index in [4.69, 9.17) is 0 Å². The van der Waals surface area contributed by atoms with Gasteiger partial charge in [-0.05, 0) is 56.8 Å². The molecule has 0 amide bonds. The molecular formula is C11H8Br2N2OS. The molecule has 1 aliphatic carbocycles. The summed E-state index contributed by atoms with van der Waals surface area (Å²) in [6.45, 7) is 0. The van der Waals surface area contributed by atoms with Crippen LogP contribution in [-0.2, 0) is 0 Å². The van der Waals surface area contributed by atoms with E-state index in [0.29, 0.717) is 16.2 Å². The van der Waals surface area contributed by atoms with Crippen LogP contribution >= 0.6 is 43.2 Å². The maximum atomic E-state index is 11.8. The number of nitrogens with one attached hydrogen (secondary N) is 1. The van der Waals surface area contributed by atoms with Crippen LogP contribution in [0.4, 0.5) is 0 Å². The van der Waals surface area contributed by atoms with Crippen molar-refractivity contribution in [3.8, 4) is 10.7 Å². The lowest BCUT2D eigenvalue weighted by atomic mass is 10.3. The zero-order valence-corrected chi connectivity index (χ0v) is 12.7. The molecule has 0 radical (unpaired) electrons. The quantitative estimate of drug-likeness (QED) is 0.865. The van der Waals surface area contributed by atoms with Gasteiger partial charge in [0.15, 0.2) is 5.82 Å². The van der Waals surface area contributed by atoms with Crippen molar-refractivity contribution in [2.75, 3.05) is 0 Å². The Bertz CT molecular complexity index is 631. The number of thiophene rings is 1. The average Bonchev–Trinajstić information content (AvgIpc) is 3.05. The number of aromatic nitrogens is 2. The largest absolute Gasteiger partial charge is 0.305 e. The van der Waals surface area contributed by atoms with E-state index in [1.54, 1.807) is 11.3 Å². The Morgan fingerprint density at radius 1 is 1.35 bits per heavy atom. The van der Waals surface area contributed by atoms with Crippen LogP contribution in [0.15, 0.2) is 25.2 Å². The first-order valence-electron chi connectivity index (χ1n) is 5.20. The van der Waals surface area contributed by atoms with E-state index >= 15 is 0 Å². The molecule has 3 rings (SSSR count). The van der Waals surface area contributed by atoms with Crippen molar-refractivity contribution in [1.82, 2.24) is 9.97 Å². The van der Waals surface area contributed by atoms with Gasteiger partial charge < -0.3 is 4.98 Å². The highest BCUT2D eigenvalue weighted by Gasteiger charge is 2.29. The molecule has 0 aromatic carbocycles. The van der Waals surface area contributed by atoms with Gasteiger partial charge in [0, 0.05) is 5.92 Å². The lowest BCUT2D eigenvalue weighted by Crippen LogP contribution is -2.12. The van der Waals surface area contributed by atoms with Crippen LogP contribution in [0.2, 0.25) is 0 Å². The van der Waals surface area contributed by atoms with Gasteiger partial charge in [0.05, 0.1) is 14.4 Å². The van der Waals surface area contributed by atoms with Crippen LogP contribution in [0.3, 0.4) is 0 Å². The highest BCUT2D eigenvalue weighted by Crippen LogP contribution is 2.42. The maximum absolute atomic E-state index is 11.8. The second kappa shape index (κ2) is 4.33. The standard InChI is InChI=1S/C11H8Br2N2OS/c12-7-4-3-6(17-7)10-14-9(5-1-2-5)8(13)11(16)15-10/h3-5H,1-2H2,(H,14,15,16). The van der Waals surface area contributed by atoms with E-state index in [-0.39, 0.29) is 5.56 Å². The molecule has 0 unspecified atom stereocenters. The zero-order chi connectivity index (χ0) is 12.0. The third-order valence-corrected chi connectivity index (χ3v) is 5.06. The molecule has 17 heavy (non-hydrogen) atoms. The minimum atomic E-state index is -0.0959. The molecule has 1 aliphatic rings. The fourth-order valence-corrected chi connectivity index (χ4v) is 3.50. The highest BCUT2D eigenvalue weighted by atomic mass is 79.9. The normalized spacial score (nSPS) is 15.2. The fraction of sp³-hybridized carbons (Fsp3) is 0.273. The Kier molecular flexibility index (Phi) is 2.96. The summed E-state index contributed by atoms with van der Waals surface area (Å²) in [7, 11) is 0. The first-order valence-corrected chi connectivity index (χ1v) is 7.61. The smallest absolute Gasteiger partial charge is 0.265 e. The first-order chi connectivity index (χ1) is 8.15. The molecule has 0 bridgehead atoms. The van der Waals surface area contributed by atoms with Crippen molar-refractivity contribution in [1.29, 1.82) is 0 Å². The van der Waals surface area contributed by atoms with Crippen molar-refractivity contribution < 1.29 is 0 Å². The van der Waals surface area contributed by atoms with Crippen LogP contribution in [0.25, 0.3) is 10.7 Å². The van der Waals surface area contributed by atoms with Crippen LogP contribution < -0.4 is 5.56 Å². The lowest BCUT2D eigenvalue weighted by Gasteiger charge is -2.03. The van der Waals surface area contributed by atoms with Crippen molar-refractivity contribution >= 4 is 43.2 Å². The molecule has 0 spiro atoms. The summed E-state index contributed by atoms with van der Waals surface area (Å²) in [6.07, 6.45) is 2.26. The Balaban J connectivity index is 2.14. The molecule has 2 aromatic rings. The van der Waals surface area contributed by atoms with Gasteiger partial charge in [-0.15, -0.1) is 11.3 Å². The summed E-state index contributed by atoms with van der Waals surface area (Å²) in [5.74, 6) is 1.12. The molecular weight excluding hydrogens is 368 g/mol. The molecule has 1 fully saturated rings.